The van der Waals surface area contributed by atoms with Gasteiger partial charge in [-0.1, -0.05) is 6.07 Å². The Morgan fingerprint density at radius 3 is 2.83 bits per heavy atom. The van der Waals surface area contributed by atoms with Gasteiger partial charge in [0.2, 0.25) is 0 Å². The Balaban J connectivity index is 1.65. The second kappa shape index (κ2) is 8.74. The van der Waals surface area contributed by atoms with Crippen molar-refractivity contribution in [1.82, 2.24) is 14.4 Å². The van der Waals surface area contributed by atoms with Crippen LogP contribution in [0.3, 0.4) is 0 Å². The Hall–Kier alpha value is -3.07. The molecule has 1 saturated heterocycles. The third-order valence-corrected chi connectivity index (χ3v) is 4.99. The summed E-state index contributed by atoms with van der Waals surface area (Å²) >= 11 is 0. The van der Waals surface area contributed by atoms with Crippen molar-refractivity contribution in [2.24, 2.45) is 0 Å². The molecule has 0 bridgehead atoms. The highest BCUT2D eigenvalue weighted by Crippen LogP contribution is 2.29. The summed E-state index contributed by atoms with van der Waals surface area (Å²) in [6, 6.07) is 5.81. The van der Waals surface area contributed by atoms with Crippen LogP contribution in [0.1, 0.15) is 53.9 Å². The Morgan fingerprint density at radius 1 is 1.30 bits per heavy atom. The van der Waals surface area contributed by atoms with E-state index < -0.39 is 18.0 Å². The molecule has 4 heterocycles. The smallest absolute Gasteiger partial charge is 0.280 e. The van der Waals surface area contributed by atoms with Crippen LogP contribution in [0.25, 0.3) is 5.65 Å². The van der Waals surface area contributed by atoms with Crippen LogP contribution in [-0.2, 0) is 4.74 Å². The first-order valence-electron chi connectivity index (χ1n) is 9.84. The van der Waals surface area contributed by atoms with Crippen molar-refractivity contribution in [2.75, 3.05) is 25.1 Å². The fourth-order valence-electron chi connectivity index (χ4n) is 3.50. The van der Waals surface area contributed by atoms with Crippen molar-refractivity contribution in [3.05, 3.63) is 53.6 Å². The second-order valence-electron chi connectivity index (χ2n) is 7.00. The molecule has 1 fully saturated rings. The lowest BCUT2D eigenvalue weighted by Crippen LogP contribution is -2.16. The molecule has 7 nitrogen and oxygen atoms in total. The number of carbonyl (C=O) groups is 1. The number of ether oxygens (including phenoxy) is 2. The van der Waals surface area contributed by atoms with Crippen LogP contribution < -0.4 is 10.1 Å². The van der Waals surface area contributed by atoms with Crippen LogP contribution in [0.2, 0.25) is 0 Å². The number of hydrogen-bond donors (Lipinski definition) is 1. The van der Waals surface area contributed by atoms with Crippen LogP contribution in [0.5, 0.6) is 5.75 Å². The number of fused-ring (bicyclic) bond motifs is 1. The highest BCUT2D eigenvalue weighted by atomic mass is 19.3. The summed E-state index contributed by atoms with van der Waals surface area (Å²) in [7, 11) is 0. The third-order valence-electron chi connectivity index (χ3n) is 4.99. The van der Waals surface area contributed by atoms with Gasteiger partial charge in [-0.3, -0.25) is 4.79 Å². The van der Waals surface area contributed by atoms with Crippen molar-refractivity contribution >= 4 is 17.4 Å². The molecule has 0 spiro atoms. The van der Waals surface area contributed by atoms with E-state index in [0.717, 1.165) is 18.5 Å². The van der Waals surface area contributed by atoms with Gasteiger partial charge in [0.25, 0.3) is 12.3 Å². The van der Waals surface area contributed by atoms with E-state index in [1.54, 1.807) is 16.7 Å². The minimum Gasteiger partial charge on any atom is -0.493 e. The number of alkyl halides is 2. The Kier molecular flexibility index (Phi) is 5.89. The molecule has 1 aliphatic rings. The fourth-order valence-corrected chi connectivity index (χ4v) is 3.50. The number of imidazole rings is 1. The van der Waals surface area contributed by atoms with E-state index in [1.807, 2.05) is 13.1 Å². The van der Waals surface area contributed by atoms with E-state index in [4.69, 9.17) is 14.5 Å². The number of hydrogen-bond acceptors (Lipinski definition) is 5. The van der Waals surface area contributed by atoms with Gasteiger partial charge >= 0.3 is 0 Å². The molecule has 30 heavy (non-hydrogen) atoms. The SMILES string of the molecule is CCOc1cc2nc(C3CCOCC3)cn2cc1C(=O)Nc1cccc(C(F)F)n1. The lowest BCUT2D eigenvalue weighted by Gasteiger charge is -2.19. The van der Waals surface area contributed by atoms with Crippen LogP contribution in [0, 0.1) is 0 Å². The highest BCUT2D eigenvalue weighted by Gasteiger charge is 2.21. The molecule has 0 aromatic carbocycles. The summed E-state index contributed by atoms with van der Waals surface area (Å²) in [5.41, 5.74) is 1.49. The number of aromatic nitrogens is 3. The van der Waals surface area contributed by atoms with Crippen LogP contribution >= 0.6 is 0 Å². The number of nitrogens with one attached hydrogen (secondary N) is 1. The minimum absolute atomic E-state index is 0.0499. The maximum atomic E-state index is 12.9. The van der Waals surface area contributed by atoms with Crippen molar-refractivity contribution in [3.63, 3.8) is 0 Å². The van der Waals surface area contributed by atoms with Gasteiger partial charge in [-0.2, -0.15) is 0 Å². The highest BCUT2D eigenvalue weighted by molar-refractivity contribution is 6.05. The molecule has 0 aliphatic carbocycles. The summed E-state index contributed by atoms with van der Waals surface area (Å²) in [6.07, 6.45) is 2.64. The average Bonchev–Trinajstić information content (AvgIpc) is 3.17. The molecule has 1 aliphatic heterocycles. The predicted octanol–water partition coefficient (Wildman–Crippen LogP) is 4.21. The van der Waals surface area contributed by atoms with Gasteiger partial charge in [-0.15, -0.1) is 0 Å². The Morgan fingerprint density at radius 2 is 2.10 bits per heavy atom. The molecular formula is C21H22F2N4O3. The van der Waals surface area contributed by atoms with E-state index in [0.29, 0.717) is 37.1 Å². The monoisotopic (exact) mass is 416 g/mol. The molecule has 0 atom stereocenters. The number of amides is 1. The van der Waals surface area contributed by atoms with Gasteiger partial charge in [-0.05, 0) is 31.9 Å². The summed E-state index contributed by atoms with van der Waals surface area (Å²) < 4.78 is 38.6. The van der Waals surface area contributed by atoms with Crippen molar-refractivity contribution in [2.45, 2.75) is 32.1 Å². The van der Waals surface area contributed by atoms with Crippen LogP contribution in [0.4, 0.5) is 14.6 Å². The first-order chi connectivity index (χ1) is 14.5. The number of carbonyl (C=O) groups excluding carboxylic acids is 1. The fraction of sp³-hybridized carbons (Fsp3) is 0.381. The topological polar surface area (TPSA) is 77.8 Å². The molecule has 158 valence electrons. The van der Waals surface area contributed by atoms with Gasteiger partial charge in [0.05, 0.1) is 17.9 Å². The maximum absolute atomic E-state index is 12.9. The summed E-state index contributed by atoms with van der Waals surface area (Å²) in [4.78, 5) is 21.4. The van der Waals surface area contributed by atoms with Crippen LogP contribution in [0.15, 0.2) is 36.7 Å². The zero-order valence-corrected chi connectivity index (χ0v) is 16.5. The van der Waals surface area contributed by atoms with E-state index in [2.05, 4.69) is 10.3 Å². The largest absolute Gasteiger partial charge is 0.493 e. The average molecular weight is 416 g/mol. The van der Waals surface area contributed by atoms with E-state index in [-0.39, 0.29) is 11.4 Å². The first kappa shape index (κ1) is 20.2. The molecule has 1 amide bonds. The molecule has 0 radical (unpaired) electrons. The number of anilines is 1. The molecular weight excluding hydrogens is 394 g/mol. The second-order valence-corrected chi connectivity index (χ2v) is 7.00. The molecule has 1 N–H and O–H groups in total. The predicted molar refractivity (Wildman–Crippen MR) is 106 cm³/mol. The zero-order chi connectivity index (χ0) is 21.1. The molecule has 3 aromatic rings. The standard InChI is InChI=1S/C21H22F2N4O3/c1-2-30-17-10-19-25-16(13-6-8-29-9-7-13)12-27(19)11-14(17)21(28)26-18-5-3-4-15(24-18)20(22)23/h3-5,10-13,20H,2,6-9H2,1H3,(H,24,26,28). The number of nitrogens with zero attached hydrogens (tertiary/aromatic N) is 3. The zero-order valence-electron chi connectivity index (χ0n) is 16.5. The van der Waals surface area contributed by atoms with Gasteiger partial charge in [0, 0.05) is 37.6 Å². The van der Waals surface area contributed by atoms with Crippen molar-refractivity contribution in [1.29, 1.82) is 0 Å². The number of pyridine rings is 2. The molecule has 3 aromatic heterocycles. The van der Waals surface area contributed by atoms with E-state index in [9.17, 15) is 13.6 Å². The quantitative estimate of drug-likeness (QED) is 0.651. The number of halogens is 2. The maximum Gasteiger partial charge on any atom is 0.280 e. The lowest BCUT2D eigenvalue weighted by molar-refractivity contribution is 0.0846. The third kappa shape index (κ3) is 4.25. The van der Waals surface area contributed by atoms with Gasteiger partial charge < -0.3 is 19.2 Å². The van der Waals surface area contributed by atoms with E-state index >= 15 is 0 Å². The normalized spacial score (nSPS) is 14.9. The van der Waals surface area contributed by atoms with Gasteiger partial charge in [0.15, 0.2) is 0 Å². The van der Waals surface area contributed by atoms with Crippen molar-refractivity contribution in [3.8, 4) is 5.75 Å². The summed E-state index contributed by atoms with van der Waals surface area (Å²) in [5, 5.41) is 2.57. The van der Waals surface area contributed by atoms with Crippen LogP contribution in [-0.4, -0.2) is 40.1 Å². The Labute approximate surface area is 172 Å². The molecule has 9 heteroatoms. The molecule has 0 saturated carbocycles. The summed E-state index contributed by atoms with van der Waals surface area (Å²) in [5.74, 6) is 0.235. The minimum atomic E-state index is -2.72. The van der Waals surface area contributed by atoms with Crippen molar-refractivity contribution < 1.29 is 23.0 Å². The summed E-state index contributed by atoms with van der Waals surface area (Å²) in [6.45, 7) is 3.60. The number of rotatable bonds is 6. The molecule has 4 rings (SSSR count). The molecule has 0 unspecified atom stereocenters. The first-order valence-corrected chi connectivity index (χ1v) is 9.84. The lowest BCUT2D eigenvalue weighted by atomic mass is 9.97. The van der Waals surface area contributed by atoms with Gasteiger partial charge in [-0.25, -0.2) is 18.7 Å². The Bertz CT molecular complexity index is 1050. The van der Waals surface area contributed by atoms with Gasteiger partial charge in [0.1, 0.15) is 22.9 Å². The van der Waals surface area contributed by atoms with E-state index in [1.165, 1.54) is 18.2 Å².